The summed E-state index contributed by atoms with van der Waals surface area (Å²) in [5.41, 5.74) is 0.279. The first kappa shape index (κ1) is 23.5. The van der Waals surface area contributed by atoms with Gasteiger partial charge in [0.15, 0.2) is 0 Å². The minimum Gasteiger partial charge on any atom is -0.469 e. The highest BCUT2D eigenvalue weighted by Crippen LogP contribution is 2.42. The molecule has 9 heteroatoms. The number of anilines is 1. The van der Waals surface area contributed by atoms with Gasteiger partial charge in [-0.15, -0.1) is 0 Å². The van der Waals surface area contributed by atoms with Crippen LogP contribution in [0.1, 0.15) is 51.4 Å². The first-order valence-corrected chi connectivity index (χ1v) is 12.8. The van der Waals surface area contributed by atoms with E-state index in [1.54, 1.807) is 44.4 Å². The number of carbonyl (C=O) groups excluding carboxylic acids is 2. The van der Waals surface area contributed by atoms with Gasteiger partial charge in [-0.25, -0.2) is 8.42 Å². The molecule has 4 rings (SSSR count). The van der Waals surface area contributed by atoms with Crippen molar-refractivity contribution >= 4 is 27.5 Å². The fourth-order valence-corrected chi connectivity index (χ4v) is 6.17. The van der Waals surface area contributed by atoms with E-state index in [0.29, 0.717) is 30.8 Å². The van der Waals surface area contributed by atoms with E-state index in [0.717, 1.165) is 25.0 Å². The number of carbonyl (C=O) groups is 2. The molecule has 0 radical (unpaired) electrons. The van der Waals surface area contributed by atoms with Gasteiger partial charge in [0.25, 0.3) is 0 Å². The molecular formula is C24H31N3O5S. The van der Waals surface area contributed by atoms with Gasteiger partial charge in [0.05, 0.1) is 16.6 Å². The summed E-state index contributed by atoms with van der Waals surface area (Å²) in [4.78, 5) is 27.5. The van der Waals surface area contributed by atoms with Gasteiger partial charge in [0.2, 0.25) is 21.8 Å². The van der Waals surface area contributed by atoms with Crippen LogP contribution in [0.3, 0.4) is 0 Å². The van der Waals surface area contributed by atoms with E-state index in [2.05, 4.69) is 5.32 Å². The van der Waals surface area contributed by atoms with Crippen LogP contribution in [-0.4, -0.2) is 50.2 Å². The summed E-state index contributed by atoms with van der Waals surface area (Å²) in [7, 11) is -3.62. The van der Waals surface area contributed by atoms with Crippen LogP contribution >= 0.6 is 0 Å². The molecule has 3 heterocycles. The number of fused-ring (bicyclic) bond motifs is 1. The van der Waals surface area contributed by atoms with Gasteiger partial charge in [-0.05, 0) is 69.5 Å². The van der Waals surface area contributed by atoms with Crippen LogP contribution < -0.4 is 10.2 Å². The molecule has 0 spiro atoms. The van der Waals surface area contributed by atoms with E-state index in [1.165, 1.54) is 9.21 Å². The minimum atomic E-state index is -3.62. The molecule has 33 heavy (non-hydrogen) atoms. The molecule has 2 aliphatic rings. The van der Waals surface area contributed by atoms with Crippen LogP contribution in [0.5, 0.6) is 0 Å². The van der Waals surface area contributed by atoms with E-state index in [1.807, 2.05) is 13.0 Å². The molecule has 0 saturated carbocycles. The lowest BCUT2D eigenvalue weighted by atomic mass is 9.86. The second-order valence-corrected chi connectivity index (χ2v) is 11.3. The Morgan fingerprint density at radius 1 is 1.18 bits per heavy atom. The van der Waals surface area contributed by atoms with Crippen LogP contribution in [0, 0.1) is 0 Å². The third kappa shape index (κ3) is 4.56. The molecule has 1 atom stereocenters. The predicted octanol–water partition coefficient (Wildman–Crippen LogP) is 2.83. The van der Waals surface area contributed by atoms with E-state index in [-0.39, 0.29) is 29.3 Å². The third-order valence-electron chi connectivity index (χ3n) is 6.46. The monoisotopic (exact) mass is 473 g/mol. The average molecular weight is 474 g/mol. The van der Waals surface area contributed by atoms with Crippen molar-refractivity contribution < 1.29 is 22.4 Å². The number of piperidine rings is 1. The lowest BCUT2D eigenvalue weighted by molar-refractivity contribution is -0.125. The van der Waals surface area contributed by atoms with Crippen LogP contribution in [-0.2, 0) is 31.4 Å². The van der Waals surface area contributed by atoms with E-state index >= 15 is 0 Å². The smallest absolute Gasteiger partial charge is 0.243 e. The van der Waals surface area contributed by atoms with Crippen LogP contribution in [0.25, 0.3) is 0 Å². The number of nitrogens with zero attached hydrogens (tertiary/aromatic N) is 2. The Kier molecular flexibility index (Phi) is 6.37. The third-order valence-corrected chi connectivity index (χ3v) is 8.36. The molecule has 0 aliphatic carbocycles. The van der Waals surface area contributed by atoms with Gasteiger partial charge in [0.1, 0.15) is 12.3 Å². The Balaban J connectivity index is 1.53. The first-order chi connectivity index (χ1) is 15.6. The Hall–Kier alpha value is -2.65. The molecule has 1 fully saturated rings. The predicted molar refractivity (Wildman–Crippen MR) is 124 cm³/mol. The second-order valence-electron chi connectivity index (χ2n) is 9.41. The van der Waals surface area contributed by atoms with Gasteiger partial charge in [-0.2, -0.15) is 4.31 Å². The van der Waals surface area contributed by atoms with Crippen molar-refractivity contribution in [3.05, 3.63) is 47.9 Å². The van der Waals surface area contributed by atoms with Crippen LogP contribution in [0.15, 0.2) is 45.9 Å². The Labute approximate surface area is 195 Å². The first-order valence-electron chi connectivity index (χ1n) is 11.4. The van der Waals surface area contributed by atoms with Gasteiger partial charge >= 0.3 is 0 Å². The number of amides is 2. The molecule has 2 aromatic rings. The summed E-state index contributed by atoms with van der Waals surface area (Å²) in [5, 5.41) is 2.91. The summed E-state index contributed by atoms with van der Waals surface area (Å²) in [5.74, 6) is 0.268. The van der Waals surface area contributed by atoms with Gasteiger partial charge < -0.3 is 14.6 Å². The normalized spacial score (nSPS) is 19.4. The number of furan rings is 1. The summed E-state index contributed by atoms with van der Waals surface area (Å²) in [6.07, 6.45) is 4.89. The summed E-state index contributed by atoms with van der Waals surface area (Å²) >= 11 is 0. The lowest BCUT2D eigenvalue weighted by Crippen LogP contribution is -2.45. The topological polar surface area (TPSA) is 99.9 Å². The van der Waals surface area contributed by atoms with Gasteiger partial charge in [-0.1, -0.05) is 6.42 Å². The van der Waals surface area contributed by atoms with E-state index < -0.39 is 15.4 Å². The zero-order valence-corrected chi connectivity index (χ0v) is 20.2. The largest absolute Gasteiger partial charge is 0.469 e. The fraction of sp³-hybridized carbons (Fsp3) is 0.500. The number of nitrogens with one attached hydrogen (secondary N) is 1. The molecule has 8 nitrogen and oxygen atoms in total. The summed E-state index contributed by atoms with van der Waals surface area (Å²) < 4.78 is 33.1. The van der Waals surface area contributed by atoms with Crippen molar-refractivity contribution in [1.82, 2.24) is 9.62 Å². The Bertz CT molecular complexity index is 1130. The van der Waals surface area contributed by atoms with Crippen molar-refractivity contribution in [2.45, 2.75) is 62.8 Å². The molecule has 0 unspecified atom stereocenters. The van der Waals surface area contributed by atoms with Crippen molar-refractivity contribution in [3.63, 3.8) is 0 Å². The maximum atomic E-state index is 13.2. The molecule has 2 aliphatic heterocycles. The molecule has 2 amide bonds. The molecule has 0 bridgehead atoms. The molecule has 178 valence electrons. The molecule has 1 aromatic carbocycles. The number of sulfonamides is 1. The fourth-order valence-electron chi connectivity index (χ4n) is 4.63. The highest BCUT2D eigenvalue weighted by atomic mass is 32.2. The quantitative estimate of drug-likeness (QED) is 0.667. The molecule has 1 saturated heterocycles. The molecule has 1 N–H and O–H groups in total. The highest BCUT2D eigenvalue weighted by Gasteiger charge is 2.45. The number of hydrogen-bond acceptors (Lipinski definition) is 5. The SMILES string of the molecule is C[C@H](Cc1ccco1)NC(=O)CN1C(=O)C(C)(C)c2cc(S(=O)(=O)N3CCCCC3)ccc21. The van der Waals surface area contributed by atoms with E-state index in [9.17, 15) is 18.0 Å². The van der Waals surface area contributed by atoms with Crippen molar-refractivity contribution in [2.75, 3.05) is 24.5 Å². The van der Waals surface area contributed by atoms with Crippen LogP contribution in [0.2, 0.25) is 0 Å². The second kappa shape index (κ2) is 8.95. The van der Waals surface area contributed by atoms with Crippen molar-refractivity contribution in [3.8, 4) is 0 Å². The number of rotatable bonds is 7. The lowest BCUT2D eigenvalue weighted by Gasteiger charge is -2.26. The average Bonchev–Trinajstić information content (AvgIpc) is 3.35. The molecule has 1 aromatic heterocycles. The maximum Gasteiger partial charge on any atom is 0.243 e. The number of benzene rings is 1. The van der Waals surface area contributed by atoms with Crippen LogP contribution in [0.4, 0.5) is 5.69 Å². The highest BCUT2D eigenvalue weighted by molar-refractivity contribution is 7.89. The number of hydrogen-bond donors (Lipinski definition) is 1. The van der Waals surface area contributed by atoms with Crippen molar-refractivity contribution in [2.24, 2.45) is 0 Å². The molecular weight excluding hydrogens is 442 g/mol. The zero-order chi connectivity index (χ0) is 23.8. The standard InChI is InChI=1S/C24H31N3O5S/c1-17(14-18-8-7-13-32-18)25-22(28)16-27-21-10-9-19(15-20(21)24(2,3)23(27)29)33(30,31)26-11-5-4-6-12-26/h7-10,13,15,17H,4-6,11-12,14,16H2,1-3H3,(H,25,28)/t17-/m1/s1. The van der Waals surface area contributed by atoms with Crippen molar-refractivity contribution in [1.29, 1.82) is 0 Å². The van der Waals surface area contributed by atoms with Gasteiger partial charge in [0, 0.05) is 31.2 Å². The summed E-state index contributed by atoms with van der Waals surface area (Å²) in [6, 6.07) is 8.28. The summed E-state index contributed by atoms with van der Waals surface area (Å²) in [6.45, 7) is 6.32. The minimum absolute atomic E-state index is 0.129. The zero-order valence-electron chi connectivity index (χ0n) is 19.3. The van der Waals surface area contributed by atoms with E-state index in [4.69, 9.17) is 4.42 Å². The van der Waals surface area contributed by atoms with Gasteiger partial charge in [-0.3, -0.25) is 9.59 Å². The maximum absolute atomic E-state index is 13.2. The Morgan fingerprint density at radius 2 is 1.91 bits per heavy atom. The Morgan fingerprint density at radius 3 is 2.58 bits per heavy atom.